The van der Waals surface area contributed by atoms with Crippen LogP contribution in [0.4, 0.5) is 0 Å². The second-order valence-corrected chi connectivity index (χ2v) is 6.54. The average Bonchev–Trinajstić information content (AvgIpc) is 2.92. The van der Waals surface area contributed by atoms with Gasteiger partial charge in [-0.05, 0) is 49.6 Å². The lowest BCUT2D eigenvalue weighted by molar-refractivity contribution is 0.351. The summed E-state index contributed by atoms with van der Waals surface area (Å²) in [5.41, 5.74) is 5.33. The molecule has 0 saturated heterocycles. The first kappa shape index (κ1) is 18.2. The topological polar surface area (TPSA) is 61.2 Å². The van der Waals surface area contributed by atoms with Gasteiger partial charge in [-0.25, -0.2) is 4.98 Å². The van der Waals surface area contributed by atoms with Gasteiger partial charge in [0.2, 0.25) is 0 Å². The quantitative estimate of drug-likeness (QED) is 0.735. The number of fused-ring (bicyclic) bond motifs is 1. The summed E-state index contributed by atoms with van der Waals surface area (Å²) in [6.07, 6.45) is 1.91. The molecule has 3 rings (SSSR count). The van der Waals surface area contributed by atoms with E-state index < -0.39 is 0 Å². The van der Waals surface area contributed by atoms with Crippen LogP contribution in [0.25, 0.3) is 11.0 Å². The second kappa shape index (κ2) is 7.33. The molecule has 0 aliphatic heterocycles. The summed E-state index contributed by atoms with van der Waals surface area (Å²) in [6.45, 7) is 6.94. The Balaban J connectivity index is 1.79. The predicted molar refractivity (Wildman–Crippen MR) is 103 cm³/mol. The maximum absolute atomic E-state index is 5.51. The molecule has 0 amide bonds. The number of rotatable bonds is 6. The number of nitrogens with zero attached hydrogens (tertiary/aromatic N) is 3. The first-order valence-corrected chi connectivity index (χ1v) is 8.69. The van der Waals surface area contributed by atoms with Crippen molar-refractivity contribution >= 4 is 11.0 Å². The maximum atomic E-state index is 5.51. The van der Waals surface area contributed by atoms with Crippen LogP contribution in [0.2, 0.25) is 0 Å². The second-order valence-electron chi connectivity index (χ2n) is 6.54. The number of pyridine rings is 1. The number of benzene rings is 1. The van der Waals surface area contributed by atoms with Crippen LogP contribution in [0, 0.1) is 13.8 Å². The van der Waals surface area contributed by atoms with Crippen LogP contribution in [0.3, 0.4) is 0 Å². The number of aryl methyl sites for hydroxylation is 2. The van der Waals surface area contributed by atoms with Crippen molar-refractivity contribution in [1.29, 1.82) is 0 Å². The number of ether oxygens (including phenoxy) is 2. The molecule has 6 nitrogen and oxygen atoms in total. The van der Waals surface area contributed by atoms with Crippen LogP contribution >= 0.6 is 0 Å². The molecule has 3 aromatic rings. The van der Waals surface area contributed by atoms with Gasteiger partial charge in [-0.3, -0.25) is 4.68 Å². The lowest BCUT2D eigenvalue weighted by Gasteiger charge is -2.20. The SMILES string of the molecule is COc1ccc(C(C)NCc2cnc3c(c2)c(C)nn3C)c(C)c1OC. The largest absolute Gasteiger partial charge is 0.493 e. The van der Waals surface area contributed by atoms with Crippen LogP contribution in [0.1, 0.15) is 35.3 Å². The van der Waals surface area contributed by atoms with Gasteiger partial charge in [-0.2, -0.15) is 5.10 Å². The van der Waals surface area contributed by atoms with E-state index in [1.807, 2.05) is 30.9 Å². The third kappa shape index (κ3) is 3.24. The highest BCUT2D eigenvalue weighted by atomic mass is 16.5. The Morgan fingerprint density at radius 2 is 1.96 bits per heavy atom. The van der Waals surface area contributed by atoms with E-state index in [-0.39, 0.29) is 6.04 Å². The molecule has 1 unspecified atom stereocenters. The van der Waals surface area contributed by atoms with Crippen LogP contribution in [-0.4, -0.2) is 29.0 Å². The average molecular weight is 354 g/mol. The van der Waals surface area contributed by atoms with Crippen LogP contribution in [0.5, 0.6) is 11.5 Å². The van der Waals surface area contributed by atoms with E-state index in [9.17, 15) is 0 Å². The first-order chi connectivity index (χ1) is 12.5. The van der Waals surface area contributed by atoms with E-state index in [1.54, 1.807) is 14.2 Å². The van der Waals surface area contributed by atoms with E-state index in [1.165, 1.54) is 5.56 Å². The molecule has 2 heterocycles. The molecule has 0 spiro atoms. The number of nitrogens with one attached hydrogen (secondary N) is 1. The van der Waals surface area contributed by atoms with E-state index >= 15 is 0 Å². The standard InChI is InChI=1S/C20H26N4O2/c1-12-16(7-8-18(25-5)19(12)26-6)13(2)21-10-15-9-17-14(3)23-24(4)20(17)22-11-15/h7-9,11,13,21H,10H2,1-6H3. The highest BCUT2D eigenvalue weighted by Gasteiger charge is 2.16. The molecule has 0 aliphatic carbocycles. The summed E-state index contributed by atoms with van der Waals surface area (Å²) in [4.78, 5) is 4.54. The van der Waals surface area contributed by atoms with Crippen molar-refractivity contribution in [1.82, 2.24) is 20.1 Å². The van der Waals surface area contributed by atoms with Crippen LogP contribution in [0.15, 0.2) is 24.4 Å². The fourth-order valence-electron chi connectivity index (χ4n) is 3.39. The monoisotopic (exact) mass is 354 g/mol. The molecule has 1 N–H and O–H groups in total. The fourth-order valence-corrected chi connectivity index (χ4v) is 3.39. The van der Waals surface area contributed by atoms with Gasteiger partial charge in [-0.15, -0.1) is 0 Å². The summed E-state index contributed by atoms with van der Waals surface area (Å²) in [7, 11) is 5.24. The number of methoxy groups -OCH3 is 2. The Labute approximate surface area is 154 Å². The zero-order valence-corrected chi connectivity index (χ0v) is 16.3. The molecule has 6 heteroatoms. The zero-order valence-electron chi connectivity index (χ0n) is 16.3. The minimum absolute atomic E-state index is 0.167. The van der Waals surface area contributed by atoms with Gasteiger partial charge in [-0.1, -0.05) is 6.07 Å². The summed E-state index contributed by atoms with van der Waals surface area (Å²) >= 11 is 0. The molecule has 2 aromatic heterocycles. The van der Waals surface area contributed by atoms with Crippen molar-refractivity contribution in [3.05, 3.63) is 46.8 Å². The van der Waals surface area contributed by atoms with Crippen molar-refractivity contribution in [3.8, 4) is 11.5 Å². The van der Waals surface area contributed by atoms with Crippen molar-refractivity contribution in [2.75, 3.05) is 14.2 Å². The highest BCUT2D eigenvalue weighted by molar-refractivity contribution is 5.78. The molecule has 0 bridgehead atoms. The Kier molecular flexibility index (Phi) is 5.13. The Morgan fingerprint density at radius 1 is 1.19 bits per heavy atom. The predicted octanol–water partition coefficient (Wildman–Crippen LogP) is 3.45. The van der Waals surface area contributed by atoms with Gasteiger partial charge in [0.05, 0.1) is 19.9 Å². The Bertz CT molecular complexity index is 933. The maximum Gasteiger partial charge on any atom is 0.163 e. The van der Waals surface area contributed by atoms with Gasteiger partial charge in [0.25, 0.3) is 0 Å². The number of aromatic nitrogens is 3. The van der Waals surface area contributed by atoms with E-state index in [0.717, 1.165) is 45.9 Å². The molecular weight excluding hydrogens is 328 g/mol. The molecule has 0 aliphatic rings. The van der Waals surface area contributed by atoms with Gasteiger partial charge >= 0.3 is 0 Å². The van der Waals surface area contributed by atoms with Gasteiger partial charge in [0, 0.05) is 31.2 Å². The number of hydrogen-bond acceptors (Lipinski definition) is 5. The zero-order chi connectivity index (χ0) is 18.8. The molecule has 26 heavy (non-hydrogen) atoms. The van der Waals surface area contributed by atoms with Crippen LogP contribution < -0.4 is 14.8 Å². The minimum Gasteiger partial charge on any atom is -0.493 e. The number of hydrogen-bond donors (Lipinski definition) is 1. The van der Waals surface area contributed by atoms with Crippen LogP contribution in [-0.2, 0) is 13.6 Å². The molecule has 0 radical (unpaired) electrons. The molecule has 1 aromatic carbocycles. The summed E-state index contributed by atoms with van der Waals surface area (Å²) in [5, 5.41) is 9.10. The lowest BCUT2D eigenvalue weighted by Crippen LogP contribution is -2.19. The molecule has 0 saturated carbocycles. The van der Waals surface area contributed by atoms with E-state index in [4.69, 9.17) is 9.47 Å². The summed E-state index contributed by atoms with van der Waals surface area (Å²) < 4.78 is 12.7. The Hall–Kier alpha value is -2.60. The smallest absolute Gasteiger partial charge is 0.163 e. The minimum atomic E-state index is 0.167. The van der Waals surface area contributed by atoms with E-state index in [2.05, 4.69) is 41.4 Å². The molecule has 138 valence electrons. The Morgan fingerprint density at radius 3 is 2.65 bits per heavy atom. The highest BCUT2D eigenvalue weighted by Crippen LogP contribution is 2.35. The van der Waals surface area contributed by atoms with Crippen molar-refractivity contribution in [2.45, 2.75) is 33.4 Å². The first-order valence-electron chi connectivity index (χ1n) is 8.69. The summed E-state index contributed by atoms with van der Waals surface area (Å²) in [5.74, 6) is 1.54. The van der Waals surface area contributed by atoms with Crippen molar-refractivity contribution in [2.24, 2.45) is 7.05 Å². The lowest BCUT2D eigenvalue weighted by atomic mass is 10.0. The normalized spacial score (nSPS) is 12.4. The van der Waals surface area contributed by atoms with E-state index in [0.29, 0.717) is 0 Å². The van der Waals surface area contributed by atoms with Crippen molar-refractivity contribution < 1.29 is 9.47 Å². The third-order valence-corrected chi connectivity index (χ3v) is 4.83. The fraction of sp³-hybridized carbons (Fsp3) is 0.400. The third-order valence-electron chi connectivity index (χ3n) is 4.83. The molecule has 0 fully saturated rings. The van der Waals surface area contributed by atoms with Gasteiger partial charge < -0.3 is 14.8 Å². The van der Waals surface area contributed by atoms with Gasteiger partial charge in [0.15, 0.2) is 17.1 Å². The van der Waals surface area contributed by atoms with Gasteiger partial charge in [0.1, 0.15) is 0 Å². The summed E-state index contributed by atoms with van der Waals surface area (Å²) in [6, 6.07) is 6.36. The molecule has 1 atom stereocenters. The molecular formula is C20H26N4O2. The van der Waals surface area contributed by atoms with Crippen molar-refractivity contribution in [3.63, 3.8) is 0 Å².